The molecule has 1 N–H and O–H groups in total. The number of fused-ring (bicyclic) bond motifs is 2. The van der Waals surface area contributed by atoms with Gasteiger partial charge in [0.15, 0.2) is 11.5 Å². The molecule has 1 aromatic carbocycles. The van der Waals surface area contributed by atoms with Gasteiger partial charge < -0.3 is 19.7 Å². The molecule has 9 heteroatoms. The third-order valence-electron chi connectivity index (χ3n) is 4.14. The predicted molar refractivity (Wildman–Crippen MR) is 84.5 cm³/mol. The zero-order valence-corrected chi connectivity index (χ0v) is 13.5. The molecule has 1 unspecified atom stereocenters. The Kier molecular flexibility index (Phi) is 3.72. The molecule has 2 saturated heterocycles. The Hall–Kier alpha value is -2.42. The van der Waals surface area contributed by atoms with Crippen LogP contribution in [0, 0.1) is 0 Å². The van der Waals surface area contributed by atoms with Gasteiger partial charge in [0.05, 0.1) is 5.88 Å². The van der Waals surface area contributed by atoms with Crippen LogP contribution in [-0.2, 0) is 16.1 Å². The summed E-state index contributed by atoms with van der Waals surface area (Å²) in [4.78, 5) is 38.9. The number of carbonyl (C=O) groups is 3. The summed E-state index contributed by atoms with van der Waals surface area (Å²) in [7, 11) is 0. The van der Waals surface area contributed by atoms with Gasteiger partial charge in [-0.05, 0) is 17.7 Å². The fraction of sp³-hybridized carbons (Fsp3) is 0.400. The van der Waals surface area contributed by atoms with Gasteiger partial charge in [0.25, 0.3) is 5.91 Å². The normalized spacial score (nSPS) is 21.4. The number of carbonyl (C=O) groups excluding carboxylic acids is 3. The first-order valence-electron chi connectivity index (χ1n) is 7.48. The standard InChI is InChI=1S/C15H15N3O5S/c19-13(5-17-14(20)10-6-24-7-18(10)15(17)21)16-4-9-1-2-11-12(3-9)23-8-22-11/h1-3,10H,4-8H2,(H,16,19). The summed E-state index contributed by atoms with van der Waals surface area (Å²) in [6, 6.07) is 4.61. The lowest BCUT2D eigenvalue weighted by atomic mass is 10.2. The van der Waals surface area contributed by atoms with Crippen LogP contribution in [0.3, 0.4) is 0 Å². The Balaban J connectivity index is 1.34. The summed E-state index contributed by atoms with van der Waals surface area (Å²) in [6.07, 6.45) is 0. The van der Waals surface area contributed by atoms with Gasteiger partial charge in [-0.1, -0.05) is 6.07 Å². The number of rotatable bonds is 4. The molecular formula is C15H15N3O5S. The minimum absolute atomic E-state index is 0.195. The monoisotopic (exact) mass is 349 g/mol. The number of amides is 4. The van der Waals surface area contributed by atoms with Crippen LogP contribution >= 0.6 is 11.8 Å². The van der Waals surface area contributed by atoms with E-state index in [0.29, 0.717) is 23.1 Å². The molecule has 1 atom stereocenters. The van der Waals surface area contributed by atoms with Crippen molar-refractivity contribution in [2.24, 2.45) is 0 Å². The average Bonchev–Trinajstić information content (AvgIpc) is 3.28. The molecule has 0 aliphatic carbocycles. The highest BCUT2D eigenvalue weighted by molar-refractivity contribution is 7.99. The van der Waals surface area contributed by atoms with Crippen molar-refractivity contribution in [3.63, 3.8) is 0 Å². The summed E-state index contributed by atoms with van der Waals surface area (Å²) in [5, 5.41) is 2.72. The van der Waals surface area contributed by atoms with Crippen LogP contribution in [0.4, 0.5) is 4.79 Å². The van der Waals surface area contributed by atoms with E-state index in [0.717, 1.165) is 10.5 Å². The molecule has 0 spiro atoms. The van der Waals surface area contributed by atoms with E-state index in [9.17, 15) is 14.4 Å². The smallest absolute Gasteiger partial charge is 0.328 e. The summed E-state index contributed by atoms with van der Waals surface area (Å²) >= 11 is 1.55. The molecule has 3 heterocycles. The second-order valence-corrected chi connectivity index (χ2v) is 6.66. The largest absolute Gasteiger partial charge is 0.454 e. The topological polar surface area (TPSA) is 88.2 Å². The molecule has 24 heavy (non-hydrogen) atoms. The van der Waals surface area contributed by atoms with Crippen LogP contribution in [-0.4, -0.2) is 58.7 Å². The molecule has 2 fully saturated rings. The predicted octanol–water partition coefficient (Wildman–Crippen LogP) is 0.369. The van der Waals surface area contributed by atoms with Crippen LogP contribution in [0.5, 0.6) is 11.5 Å². The fourth-order valence-electron chi connectivity index (χ4n) is 2.86. The van der Waals surface area contributed by atoms with E-state index in [1.165, 1.54) is 4.90 Å². The average molecular weight is 349 g/mol. The number of hydrogen-bond acceptors (Lipinski definition) is 6. The third-order valence-corrected chi connectivity index (χ3v) is 5.15. The number of nitrogens with zero attached hydrogens (tertiary/aromatic N) is 2. The SMILES string of the molecule is O=C(CN1C(=O)C2CSCN2C1=O)NCc1ccc2c(c1)OCO2. The van der Waals surface area contributed by atoms with Crippen molar-refractivity contribution in [3.05, 3.63) is 23.8 Å². The molecule has 8 nitrogen and oxygen atoms in total. The third kappa shape index (κ3) is 2.54. The second kappa shape index (κ2) is 5.90. The number of urea groups is 1. The first-order chi connectivity index (χ1) is 11.6. The number of benzene rings is 1. The van der Waals surface area contributed by atoms with Crippen molar-refractivity contribution >= 4 is 29.6 Å². The first kappa shape index (κ1) is 15.1. The van der Waals surface area contributed by atoms with Gasteiger partial charge in [0.2, 0.25) is 12.7 Å². The minimum atomic E-state index is -0.413. The number of imide groups is 1. The van der Waals surface area contributed by atoms with E-state index in [-0.39, 0.29) is 37.7 Å². The first-order valence-corrected chi connectivity index (χ1v) is 8.64. The van der Waals surface area contributed by atoms with Crippen molar-refractivity contribution in [1.29, 1.82) is 0 Å². The molecule has 0 radical (unpaired) electrons. The quantitative estimate of drug-likeness (QED) is 0.790. The number of nitrogens with one attached hydrogen (secondary N) is 1. The molecule has 3 aliphatic heterocycles. The van der Waals surface area contributed by atoms with Crippen LogP contribution in [0.15, 0.2) is 18.2 Å². The summed E-state index contributed by atoms with van der Waals surface area (Å²) in [5.74, 6) is 1.76. The molecule has 3 aliphatic rings. The molecule has 4 amide bonds. The lowest BCUT2D eigenvalue weighted by Gasteiger charge is -2.15. The Morgan fingerprint density at radius 1 is 1.29 bits per heavy atom. The highest BCUT2D eigenvalue weighted by atomic mass is 32.2. The Morgan fingerprint density at radius 2 is 2.12 bits per heavy atom. The van der Waals surface area contributed by atoms with E-state index in [1.54, 1.807) is 23.9 Å². The van der Waals surface area contributed by atoms with Crippen molar-refractivity contribution in [1.82, 2.24) is 15.1 Å². The van der Waals surface area contributed by atoms with Crippen molar-refractivity contribution in [2.75, 3.05) is 25.0 Å². The molecule has 126 valence electrons. The van der Waals surface area contributed by atoms with Crippen LogP contribution < -0.4 is 14.8 Å². The van der Waals surface area contributed by atoms with Crippen LogP contribution in [0.1, 0.15) is 5.56 Å². The maximum absolute atomic E-state index is 12.2. The van der Waals surface area contributed by atoms with Gasteiger partial charge in [-0.2, -0.15) is 0 Å². The van der Waals surface area contributed by atoms with Crippen molar-refractivity contribution < 1.29 is 23.9 Å². The minimum Gasteiger partial charge on any atom is -0.454 e. The summed E-state index contributed by atoms with van der Waals surface area (Å²) in [5.41, 5.74) is 0.851. The molecule has 0 bridgehead atoms. The van der Waals surface area contributed by atoms with E-state index in [4.69, 9.17) is 9.47 Å². The van der Waals surface area contributed by atoms with Crippen molar-refractivity contribution in [2.45, 2.75) is 12.6 Å². The lowest BCUT2D eigenvalue weighted by molar-refractivity contribution is -0.132. The maximum atomic E-state index is 12.2. The molecule has 0 aromatic heterocycles. The molecule has 0 saturated carbocycles. The van der Waals surface area contributed by atoms with Gasteiger partial charge in [0, 0.05) is 12.3 Å². The number of thioether (sulfide) groups is 1. The van der Waals surface area contributed by atoms with Gasteiger partial charge in [0.1, 0.15) is 12.6 Å². The van der Waals surface area contributed by atoms with Gasteiger partial charge in [-0.3, -0.25) is 14.5 Å². The Labute approximate surface area is 142 Å². The van der Waals surface area contributed by atoms with Gasteiger partial charge >= 0.3 is 6.03 Å². The molecule has 4 rings (SSSR count). The Bertz CT molecular complexity index is 703. The van der Waals surface area contributed by atoms with Crippen LogP contribution in [0.25, 0.3) is 0 Å². The van der Waals surface area contributed by atoms with E-state index < -0.39 is 6.04 Å². The zero-order valence-electron chi connectivity index (χ0n) is 12.7. The van der Waals surface area contributed by atoms with Crippen LogP contribution in [0.2, 0.25) is 0 Å². The van der Waals surface area contributed by atoms with Crippen molar-refractivity contribution in [3.8, 4) is 11.5 Å². The highest BCUT2D eigenvalue weighted by Crippen LogP contribution is 2.32. The van der Waals surface area contributed by atoms with Gasteiger partial charge in [-0.25, -0.2) is 4.79 Å². The maximum Gasteiger partial charge on any atom is 0.328 e. The summed E-state index contributed by atoms with van der Waals surface area (Å²) in [6.45, 7) is 0.231. The molecular weight excluding hydrogens is 334 g/mol. The highest BCUT2D eigenvalue weighted by Gasteiger charge is 2.48. The number of ether oxygens (including phenoxy) is 2. The van der Waals surface area contributed by atoms with E-state index >= 15 is 0 Å². The van der Waals surface area contributed by atoms with Gasteiger partial charge in [-0.15, -0.1) is 11.8 Å². The van der Waals surface area contributed by atoms with E-state index in [2.05, 4.69) is 5.32 Å². The summed E-state index contributed by atoms with van der Waals surface area (Å²) < 4.78 is 10.5. The fourth-order valence-corrected chi connectivity index (χ4v) is 4.00. The molecule has 1 aromatic rings. The number of hydrogen-bond donors (Lipinski definition) is 1. The Morgan fingerprint density at radius 3 is 2.96 bits per heavy atom. The second-order valence-electron chi connectivity index (χ2n) is 5.66. The van der Waals surface area contributed by atoms with E-state index in [1.807, 2.05) is 6.07 Å². The lowest BCUT2D eigenvalue weighted by Crippen LogP contribution is -2.41. The zero-order chi connectivity index (χ0) is 16.7.